The Kier molecular flexibility index (Phi) is 6.55. The fraction of sp³-hybridized carbons (Fsp3) is 0.344. The highest BCUT2D eigenvalue weighted by Gasteiger charge is 2.72. The molecule has 7 heteroatoms. The van der Waals surface area contributed by atoms with Crippen molar-refractivity contribution in [2.45, 2.75) is 48.8 Å². The Morgan fingerprint density at radius 2 is 1.26 bits per heavy atom. The Balaban J connectivity index is 1.16. The average molecular weight is 562 g/mol. The monoisotopic (exact) mass is 560 g/mol. The molecule has 200 valence electrons. The first-order valence-corrected chi connectivity index (χ1v) is 14.4. The van der Waals surface area contributed by atoms with Gasteiger partial charge in [-0.25, -0.2) is 0 Å². The van der Waals surface area contributed by atoms with Crippen LogP contribution in [0.4, 0.5) is 5.69 Å². The van der Waals surface area contributed by atoms with Gasteiger partial charge in [0.05, 0.1) is 11.8 Å². The van der Waals surface area contributed by atoms with E-state index in [-0.39, 0.29) is 24.3 Å². The number of nitrogens with zero attached hydrogens (tertiary/aromatic N) is 1. The Hall–Kier alpha value is -3.15. The Bertz CT molecular complexity index is 1360. The minimum atomic E-state index is -1.15. The molecule has 3 aromatic rings. The highest BCUT2D eigenvalue weighted by atomic mass is 35.5. The zero-order chi connectivity index (χ0) is 27.4. The number of halogens is 2. The van der Waals surface area contributed by atoms with Crippen LogP contribution in [0.3, 0.4) is 0 Å². The number of likely N-dealkylation sites (tertiary alicyclic amines) is 1. The van der Waals surface area contributed by atoms with Crippen molar-refractivity contribution in [3.63, 3.8) is 0 Å². The van der Waals surface area contributed by atoms with Crippen LogP contribution < -0.4 is 5.32 Å². The van der Waals surface area contributed by atoms with Crippen LogP contribution in [0.1, 0.15) is 60.4 Å². The highest BCUT2D eigenvalue weighted by Crippen LogP contribution is 2.69. The molecule has 3 aliphatic carbocycles. The molecular weight excluding hydrogens is 531 g/mol. The lowest BCUT2D eigenvalue weighted by atomic mass is 9.54. The molecule has 2 bridgehead atoms. The van der Waals surface area contributed by atoms with Crippen LogP contribution in [0.2, 0.25) is 0 Å². The molecule has 0 aromatic heterocycles. The number of anilines is 1. The molecule has 1 aliphatic heterocycles. The molecule has 3 aromatic carbocycles. The van der Waals surface area contributed by atoms with Crippen molar-refractivity contribution in [3.8, 4) is 0 Å². The van der Waals surface area contributed by atoms with Gasteiger partial charge in [-0.1, -0.05) is 80.1 Å². The summed E-state index contributed by atoms with van der Waals surface area (Å²) in [5, 5.41) is 3.00. The third-order valence-electron chi connectivity index (χ3n) is 8.63. The summed E-state index contributed by atoms with van der Waals surface area (Å²) < 4.78 is 0. The Morgan fingerprint density at radius 3 is 1.77 bits per heavy atom. The number of nitrogens with one attached hydrogen (secondary N) is 1. The van der Waals surface area contributed by atoms with Crippen LogP contribution in [-0.2, 0) is 30.6 Å². The first-order chi connectivity index (χ1) is 18.8. The van der Waals surface area contributed by atoms with Crippen LogP contribution in [-0.4, -0.2) is 29.2 Å². The van der Waals surface area contributed by atoms with E-state index in [1.165, 1.54) is 4.90 Å². The van der Waals surface area contributed by atoms with Crippen molar-refractivity contribution in [1.29, 1.82) is 0 Å². The summed E-state index contributed by atoms with van der Waals surface area (Å²) in [7, 11) is 0. The van der Waals surface area contributed by atoms with E-state index in [1.54, 1.807) is 0 Å². The van der Waals surface area contributed by atoms with E-state index < -0.39 is 21.6 Å². The molecule has 0 unspecified atom stereocenters. The van der Waals surface area contributed by atoms with Gasteiger partial charge >= 0.3 is 0 Å². The summed E-state index contributed by atoms with van der Waals surface area (Å²) in [6, 6.07) is 23.1. The first-order valence-electron chi connectivity index (χ1n) is 13.6. The molecular formula is C32H30Cl2N2O3. The fourth-order valence-electron chi connectivity index (χ4n) is 6.84. The summed E-state index contributed by atoms with van der Waals surface area (Å²) in [6.45, 7) is 2.35. The lowest BCUT2D eigenvalue weighted by Crippen LogP contribution is -2.57. The molecule has 2 atom stereocenters. The smallest absolute Gasteiger partial charge is 0.235 e. The van der Waals surface area contributed by atoms with Gasteiger partial charge in [0, 0.05) is 18.7 Å². The van der Waals surface area contributed by atoms with Crippen molar-refractivity contribution in [2.24, 2.45) is 11.8 Å². The minimum absolute atomic E-state index is 0.0319. The van der Waals surface area contributed by atoms with Gasteiger partial charge in [-0.15, -0.1) is 23.2 Å². The molecule has 1 N–H and O–H groups in total. The quantitative estimate of drug-likeness (QED) is 0.198. The van der Waals surface area contributed by atoms with Crippen molar-refractivity contribution >= 4 is 46.6 Å². The summed E-state index contributed by atoms with van der Waals surface area (Å²) in [5.74, 6) is -2.09. The van der Waals surface area contributed by atoms with Gasteiger partial charge in [-0.3, -0.25) is 19.3 Å². The van der Waals surface area contributed by atoms with Gasteiger partial charge in [-0.2, -0.15) is 0 Å². The second kappa shape index (κ2) is 9.79. The maximum absolute atomic E-state index is 13.8. The SMILES string of the molecule is CCc1ccccc1NC(=O)CCCCCN1C(=O)[C@@H]2[C@@H](C1=O)C1(Cl)c3ccccc3C2(Cl)c2ccccc21. The average Bonchev–Trinajstić information content (AvgIpc) is 3.22. The highest BCUT2D eigenvalue weighted by molar-refractivity contribution is 6.36. The second-order valence-electron chi connectivity index (χ2n) is 10.7. The summed E-state index contributed by atoms with van der Waals surface area (Å²) in [4.78, 5) is 39.2. The van der Waals surface area contributed by atoms with Crippen LogP contribution >= 0.6 is 23.2 Å². The van der Waals surface area contributed by atoms with Gasteiger partial charge in [0.15, 0.2) is 0 Å². The molecule has 0 radical (unpaired) electrons. The lowest BCUT2D eigenvalue weighted by Gasteiger charge is -2.54. The molecule has 1 fully saturated rings. The van der Waals surface area contributed by atoms with E-state index in [9.17, 15) is 14.4 Å². The second-order valence-corrected chi connectivity index (χ2v) is 11.9. The van der Waals surface area contributed by atoms with Gasteiger partial charge in [0.1, 0.15) is 9.75 Å². The molecule has 7 rings (SSSR count). The third-order valence-corrected chi connectivity index (χ3v) is 9.92. The number of carbonyl (C=O) groups excluding carboxylic acids is 3. The number of benzene rings is 3. The summed E-state index contributed by atoms with van der Waals surface area (Å²) in [6.07, 6.45) is 3.22. The Morgan fingerprint density at radius 1 is 0.769 bits per heavy atom. The van der Waals surface area contributed by atoms with Crippen molar-refractivity contribution in [2.75, 3.05) is 11.9 Å². The molecule has 39 heavy (non-hydrogen) atoms. The number of alkyl halides is 2. The van der Waals surface area contributed by atoms with Gasteiger partial charge < -0.3 is 5.32 Å². The number of unbranched alkanes of at least 4 members (excludes halogenated alkanes) is 2. The maximum atomic E-state index is 13.8. The summed E-state index contributed by atoms with van der Waals surface area (Å²) >= 11 is 14.9. The number of carbonyl (C=O) groups is 3. The molecule has 5 nitrogen and oxygen atoms in total. The first kappa shape index (κ1) is 26.1. The van der Waals surface area contributed by atoms with Crippen LogP contribution in [0.15, 0.2) is 72.8 Å². The molecule has 4 aliphatic rings. The molecule has 1 heterocycles. The lowest BCUT2D eigenvalue weighted by molar-refractivity contribution is -0.140. The normalized spacial score (nSPS) is 26.3. The van der Waals surface area contributed by atoms with Crippen molar-refractivity contribution < 1.29 is 14.4 Å². The fourth-order valence-corrected chi connectivity index (χ4v) is 7.94. The van der Waals surface area contributed by atoms with Gasteiger partial charge in [0.2, 0.25) is 17.7 Å². The van der Waals surface area contributed by atoms with Gasteiger partial charge in [-0.05, 0) is 53.1 Å². The maximum Gasteiger partial charge on any atom is 0.235 e. The Labute approximate surface area is 238 Å². The van der Waals surface area contributed by atoms with E-state index in [1.807, 2.05) is 72.8 Å². The summed E-state index contributed by atoms with van der Waals surface area (Å²) in [5.41, 5.74) is 5.18. The number of amides is 3. The topological polar surface area (TPSA) is 66.5 Å². The largest absolute Gasteiger partial charge is 0.326 e. The standard InChI is InChI=1S/C32H30Cl2N2O3/c1-2-20-12-5-10-17-25(20)35-26(37)18-4-3-11-19-36-29(38)27-28(30(36)39)32(34)22-14-7-6-13-21(22)31(27,33)23-15-8-9-16-24(23)32/h5-10,12-17,27-28H,2-4,11,18-19H2,1H3,(H,35,37)/t27-,28-,31?,32?/m0/s1. The number of aryl methyl sites for hydroxylation is 1. The number of imide groups is 1. The van der Waals surface area contributed by atoms with E-state index in [2.05, 4.69) is 12.2 Å². The number of para-hydroxylation sites is 1. The third kappa shape index (κ3) is 3.77. The van der Waals surface area contributed by atoms with Crippen LogP contribution in [0.5, 0.6) is 0 Å². The van der Waals surface area contributed by atoms with Crippen molar-refractivity contribution in [3.05, 3.63) is 101 Å². The van der Waals surface area contributed by atoms with Crippen molar-refractivity contribution in [1.82, 2.24) is 4.90 Å². The van der Waals surface area contributed by atoms with Crippen LogP contribution in [0, 0.1) is 11.8 Å². The van der Waals surface area contributed by atoms with E-state index >= 15 is 0 Å². The predicted octanol–water partition coefficient (Wildman–Crippen LogP) is 6.34. The minimum Gasteiger partial charge on any atom is -0.326 e. The molecule has 1 saturated heterocycles. The number of hydrogen-bond acceptors (Lipinski definition) is 3. The van der Waals surface area contributed by atoms with E-state index in [0.717, 1.165) is 39.9 Å². The van der Waals surface area contributed by atoms with E-state index in [0.29, 0.717) is 25.7 Å². The van der Waals surface area contributed by atoms with Gasteiger partial charge in [0.25, 0.3) is 0 Å². The van der Waals surface area contributed by atoms with E-state index in [4.69, 9.17) is 23.2 Å². The molecule has 0 saturated carbocycles. The molecule has 0 spiro atoms. The predicted molar refractivity (Wildman–Crippen MR) is 153 cm³/mol. The zero-order valence-electron chi connectivity index (χ0n) is 21.8. The zero-order valence-corrected chi connectivity index (χ0v) is 23.3. The molecule has 3 amide bonds. The van der Waals surface area contributed by atoms with Crippen LogP contribution in [0.25, 0.3) is 0 Å². The number of rotatable bonds is 8. The number of hydrogen-bond donors (Lipinski definition) is 1.